The van der Waals surface area contributed by atoms with E-state index >= 15 is 0 Å². The summed E-state index contributed by atoms with van der Waals surface area (Å²) in [7, 11) is 0. The predicted molar refractivity (Wildman–Crippen MR) is 64.0 cm³/mol. The maximum Gasteiger partial charge on any atom is 0.223 e. The smallest absolute Gasteiger partial charge is 0.223 e. The molecule has 16 heavy (non-hydrogen) atoms. The third-order valence-electron chi connectivity index (χ3n) is 3.00. The van der Waals surface area contributed by atoms with Crippen LogP contribution in [-0.4, -0.2) is 16.2 Å². The van der Waals surface area contributed by atoms with Gasteiger partial charge in [-0.3, -0.25) is 0 Å². The summed E-state index contributed by atoms with van der Waals surface area (Å²) in [6, 6.07) is 0.550. The summed E-state index contributed by atoms with van der Waals surface area (Å²) in [6.45, 7) is 9.25. The Morgan fingerprint density at radius 2 is 2.06 bits per heavy atom. The van der Waals surface area contributed by atoms with Crippen molar-refractivity contribution in [2.75, 3.05) is 0 Å². The Bertz CT molecular complexity index is 298. The molecule has 4 heteroatoms. The molecular weight excluding hydrogens is 202 g/mol. The molecule has 0 aliphatic heterocycles. The zero-order valence-corrected chi connectivity index (χ0v) is 10.8. The van der Waals surface area contributed by atoms with Crippen molar-refractivity contribution in [3.8, 4) is 0 Å². The van der Waals surface area contributed by atoms with Crippen molar-refractivity contribution >= 4 is 0 Å². The van der Waals surface area contributed by atoms with Crippen LogP contribution < -0.4 is 5.32 Å². The largest absolute Gasteiger partial charge is 0.340 e. The lowest BCUT2D eigenvalue weighted by Crippen LogP contribution is -2.30. The second-order valence-corrected chi connectivity index (χ2v) is 4.46. The standard InChI is InChI=1S/C12H23N3O/c1-5-9(3)7-11(6-2)13-8-12-14-10(4)16-15-12/h9,11,13H,5-8H2,1-4H3. The molecule has 1 N–H and O–H groups in total. The molecule has 92 valence electrons. The van der Waals surface area contributed by atoms with Gasteiger partial charge in [0.1, 0.15) is 0 Å². The molecule has 0 spiro atoms. The highest BCUT2D eigenvalue weighted by Gasteiger charge is 2.11. The first-order valence-electron chi connectivity index (χ1n) is 6.18. The van der Waals surface area contributed by atoms with Crippen molar-refractivity contribution in [1.29, 1.82) is 0 Å². The van der Waals surface area contributed by atoms with Crippen LogP contribution in [0.3, 0.4) is 0 Å². The number of rotatable bonds is 7. The molecule has 0 bridgehead atoms. The van der Waals surface area contributed by atoms with Gasteiger partial charge >= 0.3 is 0 Å². The van der Waals surface area contributed by atoms with E-state index in [1.165, 1.54) is 12.8 Å². The van der Waals surface area contributed by atoms with Crippen molar-refractivity contribution in [3.63, 3.8) is 0 Å². The molecule has 1 rings (SSSR count). The Balaban J connectivity index is 2.33. The Morgan fingerprint density at radius 3 is 2.56 bits per heavy atom. The normalized spacial score (nSPS) is 15.0. The molecule has 1 aromatic heterocycles. The van der Waals surface area contributed by atoms with Gasteiger partial charge in [0.15, 0.2) is 5.82 Å². The number of aryl methyl sites for hydroxylation is 1. The SMILES string of the molecule is CCC(C)CC(CC)NCc1noc(C)n1. The molecule has 2 atom stereocenters. The molecule has 0 fully saturated rings. The van der Waals surface area contributed by atoms with Crippen molar-refractivity contribution in [2.45, 2.75) is 59.5 Å². The average Bonchev–Trinajstić information content (AvgIpc) is 2.69. The van der Waals surface area contributed by atoms with Gasteiger partial charge in [-0.2, -0.15) is 4.98 Å². The van der Waals surface area contributed by atoms with Gasteiger partial charge in [-0.15, -0.1) is 0 Å². The van der Waals surface area contributed by atoms with Crippen LogP contribution in [0.4, 0.5) is 0 Å². The van der Waals surface area contributed by atoms with Crippen LogP contribution in [0.25, 0.3) is 0 Å². The first-order chi connectivity index (χ1) is 7.65. The summed E-state index contributed by atoms with van der Waals surface area (Å²) in [4.78, 5) is 4.18. The first-order valence-corrected chi connectivity index (χ1v) is 6.18. The zero-order valence-electron chi connectivity index (χ0n) is 10.8. The van der Waals surface area contributed by atoms with E-state index in [2.05, 4.69) is 36.2 Å². The maximum atomic E-state index is 4.93. The van der Waals surface area contributed by atoms with Crippen LogP contribution in [0.1, 0.15) is 51.7 Å². The fourth-order valence-electron chi connectivity index (χ4n) is 1.70. The van der Waals surface area contributed by atoms with Gasteiger partial charge < -0.3 is 9.84 Å². The van der Waals surface area contributed by atoms with Gasteiger partial charge in [-0.05, 0) is 18.8 Å². The van der Waals surface area contributed by atoms with Crippen molar-refractivity contribution < 1.29 is 4.52 Å². The van der Waals surface area contributed by atoms with E-state index < -0.39 is 0 Å². The molecule has 0 aromatic carbocycles. The van der Waals surface area contributed by atoms with Crippen LogP contribution in [0, 0.1) is 12.8 Å². The van der Waals surface area contributed by atoms with Gasteiger partial charge in [0.05, 0.1) is 6.54 Å². The molecule has 1 heterocycles. The van der Waals surface area contributed by atoms with Crippen molar-refractivity contribution in [1.82, 2.24) is 15.5 Å². The van der Waals surface area contributed by atoms with Crippen LogP contribution in [0.15, 0.2) is 4.52 Å². The van der Waals surface area contributed by atoms with Gasteiger partial charge in [0, 0.05) is 13.0 Å². The summed E-state index contributed by atoms with van der Waals surface area (Å²) in [5.74, 6) is 2.15. The van der Waals surface area contributed by atoms with Gasteiger partial charge in [0.2, 0.25) is 5.89 Å². The highest BCUT2D eigenvalue weighted by molar-refractivity contribution is 4.84. The number of nitrogens with zero attached hydrogens (tertiary/aromatic N) is 2. The molecule has 0 amide bonds. The molecule has 0 aliphatic rings. The minimum Gasteiger partial charge on any atom is -0.340 e. The van der Waals surface area contributed by atoms with E-state index in [1.807, 2.05) is 6.92 Å². The summed E-state index contributed by atoms with van der Waals surface area (Å²) >= 11 is 0. The predicted octanol–water partition coefficient (Wildman–Crippen LogP) is 2.68. The quantitative estimate of drug-likeness (QED) is 0.775. The Labute approximate surface area is 97.8 Å². The Kier molecular flexibility index (Phi) is 5.46. The van der Waals surface area contributed by atoms with E-state index in [1.54, 1.807) is 0 Å². The number of aromatic nitrogens is 2. The summed E-state index contributed by atoms with van der Waals surface area (Å²) < 4.78 is 4.93. The van der Waals surface area contributed by atoms with Crippen molar-refractivity contribution in [2.24, 2.45) is 5.92 Å². The molecule has 4 nitrogen and oxygen atoms in total. The summed E-state index contributed by atoms with van der Waals surface area (Å²) in [6.07, 6.45) is 3.59. The van der Waals surface area contributed by atoms with E-state index in [0.717, 1.165) is 18.2 Å². The molecular formula is C12H23N3O. The second kappa shape index (κ2) is 6.63. The monoisotopic (exact) mass is 225 g/mol. The van der Waals surface area contributed by atoms with Crippen molar-refractivity contribution in [3.05, 3.63) is 11.7 Å². The highest BCUT2D eigenvalue weighted by Crippen LogP contribution is 2.12. The molecule has 0 aliphatic carbocycles. The summed E-state index contributed by atoms with van der Waals surface area (Å²) in [5.41, 5.74) is 0. The molecule has 0 saturated heterocycles. The maximum absolute atomic E-state index is 4.93. The lowest BCUT2D eigenvalue weighted by atomic mass is 9.98. The van der Waals surface area contributed by atoms with Crippen LogP contribution in [-0.2, 0) is 6.54 Å². The van der Waals surface area contributed by atoms with E-state index in [9.17, 15) is 0 Å². The molecule has 2 unspecified atom stereocenters. The van der Waals surface area contributed by atoms with Crippen LogP contribution in [0.5, 0.6) is 0 Å². The van der Waals surface area contributed by atoms with Gasteiger partial charge in [0.25, 0.3) is 0 Å². The number of hydrogen-bond donors (Lipinski definition) is 1. The highest BCUT2D eigenvalue weighted by atomic mass is 16.5. The lowest BCUT2D eigenvalue weighted by Gasteiger charge is -2.19. The van der Waals surface area contributed by atoms with E-state index in [-0.39, 0.29) is 0 Å². The third-order valence-corrected chi connectivity index (χ3v) is 3.00. The lowest BCUT2D eigenvalue weighted by molar-refractivity contribution is 0.365. The average molecular weight is 225 g/mol. The van der Waals surface area contributed by atoms with E-state index in [0.29, 0.717) is 18.5 Å². The zero-order chi connectivity index (χ0) is 12.0. The Hall–Kier alpha value is -0.900. The number of nitrogens with one attached hydrogen (secondary N) is 1. The van der Waals surface area contributed by atoms with Crippen LogP contribution in [0.2, 0.25) is 0 Å². The van der Waals surface area contributed by atoms with Gasteiger partial charge in [-0.25, -0.2) is 0 Å². The summed E-state index contributed by atoms with van der Waals surface area (Å²) in [5, 5.41) is 7.35. The minimum absolute atomic E-state index is 0.550. The third kappa shape index (κ3) is 4.31. The molecule has 1 aromatic rings. The topological polar surface area (TPSA) is 51.0 Å². The molecule has 0 radical (unpaired) electrons. The molecule has 0 saturated carbocycles. The second-order valence-electron chi connectivity index (χ2n) is 4.46. The van der Waals surface area contributed by atoms with Gasteiger partial charge in [-0.1, -0.05) is 32.3 Å². The number of hydrogen-bond acceptors (Lipinski definition) is 4. The minimum atomic E-state index is 0.550. The fraction of sp³-hybridized carbons (Fsp3) is 0.833. The fourth-order valence-corrected chi connectivity index (χ4v) is 1.70. The Morgan fingerprint density at radius 1 is 1.31 bits per heavy atom. The van der Waals surface area contributed by atoms with Crippen LogP contribution >= 0.6 is 0 Å². The first kappa shape index (κ1) is 13.2. The van der Waals surface area contributed by atoms with E-state index in [4.69, 9.17) is 4.52 Å².